The molecule has 1 aliphatic heterocycles. The third-order valence-electron chi connectivity index (χ3n) is 5.10. The molecule has 8 heteroatoms. The van der Waals surface area contributed by atoms with E-state index < -0.39 is 15.1 Å². The number of furan rings is 1. The lowest BCUT2D eigenvalue weighted by atomic mass is 10.2. The molecule has 1 atom stereocenters. The Labute approximate surface area is 163 Å². The molecule has 0 saturated carbocycles. The van der Waals surface area contributed by atoms with E-state index in [2.05, 4.69) is 5.10 Å². The van der Waals surface area contributed by atoms with Gasteiger partial charge >= 0.3 is 0 Å². The zero-order valence-corrected chi connectivity index (χ0v) is 16.3. The van der Waals surface area contributed by atoms with Gasteiger partial charge in [0.15, 0.2) is 9.84 Å². The summed E-state index contributed by atoms with van der Waals surface area (Å²) in [5.74, 6) is 0.0950. The number of hydrogen-bond donors (Lipinski definition) is 0. The second-order valence-corrected chi connectivity index (χ2v) is 9.22. The average molecular weight is 399 g/mol. The predicted molar refractivity (Wildman–Crippen MR) is 104 cm³/mol. The number of para-hydroxylation sites is 1. The molecule has 3 aromatic rings. The Kier molecular flexibility index (Phi) is 4.80. The Morgan fingerprint density at radius 1 is 1.21 bits per heavy atom. The van der Waals surface area contributed by atoms with Crippen molar-refractivity contribution >= 4 is 15.7 Å². The minimum absolute atomic E-state index is 0.141. The highest BCUT2D eigenvalue weighted by atomic mass is 32.2. The highest BCUT2D eigenvalue weighted by molar-refractivity contribution is 7.91. The number of carbonyl (C=O) groups excluding carboxylic acids is 1. The lowest BCUT2D eigenvalue weighted by Crippen LogP contribution is -2.32. The Morgan fingerprint density at radius 2 is 2.00 bits per heavy atom. The average Bonchev–Trinajstić information content (AvgIpc) is 3.42. The zero-order valence-electron chi connectivity index (χ0n) is 15.5. The molecule has 1 aliphatic rings. The van der Waals surface area contributed by atoms with Gasteiger partial charge in [-0.3, -0.25) is 4.79 Å². The molecule has 0 radical (unpaired) electrons. The second kappa shape index (κ2) is 7.27. The van der Waals surface area contributed by atoms with Gasteiger partial charge in [0, 0.05) is 13.1 Å². The van der Waals surface area contributed by atoms with Gasteiger partial charge < -0.3 is 9.32 Å². The molecule has 1 amide bonds. The van der Waals surface area contributed by atoms with Crippen LogP contribution in [-0.4, -0.2) is 47.3 Å². The van der Waals surface area contributed by atoms with Crippen LogP contribution in [0.15, 0.2) is 59.3 Å². The van der Waals surface area contributed by atoms with E-state index in [1.807, 2.05) is 37.3 Å². The lowest BCUT2D eigenvalue weighted by molar-refractivity contribution is 0.0792. The van der Waals surface area contributed by atoms with Crippen LogP contribution in [-0.2, 0) is 15.6 Å². The molecule has 1 saturated heterocycles. The maximum absolute atomic E-state index is 13.0. The van der Waals surface area contributed by atoms with E-state index >= 15 is 0 Å². The van der Waals surface area contributed by atoms with Crippen LogP contribution in [0.4, 0.5) is 0 Å². The highest BCUT2D eigenvalue weighted by Gasteiger charge is 2.36. The van der Waals surface area contributed by atoms with Crippen LogP contribution in [0.1, 0.15) is 28.2 Å². The van der Waals surface area contributed by atoms with Crippen molar-refractivity contribution in [3.63, 3.8) is 0 Å². The number of nitrogens with zero attached hydrogens (tertiary/aromatic N) is 3. The first-order valence-corrected chi connectivity index (χ1v) is 10.8. The molecule has 3 heterocycles. The van der Waals surface area contributed by atoms with Gasteiger partial charge in [0.05, 0.1) is 34.7 Å². The van der Waals surface area contributed by atoms with Crippen LogP contribution >= 0.6 is 0 Å². The van der Waals surface area contributed by atoms with Crippen molar-refractivity contribution in [2.45, 2.75) is 24.3 Å². The summed E-state index contributed by atoms with van der Waals surface area (Å²) < 4.78 is 32.2. The summed E-state index contributed by atoms with van der Waals surface area (Å²) in [5, 5.41) is 3.76. The van der Waals surface area contributed by atoms with Gasteiger partial charge in [0.1, 0.15) is 11.5 Å². The molecular weight excluding hydrogens is 378 g/mol. The third-order valence-corrected chi connectivity index (χ3v) is 7.19. The molecule has 1 fully saturated rings. The number of likely N-dealkylation sites (tertiary alicyclic amines) is 1. The fourth-order valence-corrected chi connectivity index (χ4v) is 5.20. The SMILES string of the molecule is Cc1c(C(=O)N2CC[C@H](S(=O)(=O)Cc3ccco3)C2)cnn1-c1ccccc1. The Morgan fingerprint density at radius 3 is 2.71 bits per heavy atom. The topological polar surface area (TPSA) is 85.4 Å². The monoisotopic (exact) mass is 399 g/mol. The summed E-state index contributed by atoms with van der Waals surface area (Å²) in [6.45, 7) is 2.45. The van der Waals surface area contributed by atoms with Crippen molar-refractivity contribution in [2.75, 3.05) is 13.1 Å². The maximum atomic E-state index is 13.0. The predicted octanol–water partition coefficient (Wildman–Crippen LogP) is 2.60. The maximum Gasteiger partial charge on any atom is 0.257 e. The Hall–Kier alpha value is -2.87. The number of benzene rings is 1. The number of rotatable bonds is 5. The van der Waals surface area contributed by atoms with Gasteiger partial charge in [-0.25, -0.2) is 13.1 Å². The van der Waals surface area contributed by atoms with E-state index in [0.717, 1.165) is 11.4 Å². The normalized spacial score (nSPS) is 17.2. The molecule has 146 valence electrons. The first kappa shape index (κ1) is 18.5. The first-order valence-electron chi connectivity index (χ1n) is 9.09. The quantitative estimate of drug-likeness (QED) is 0.658. The fourth-order valence-electron chi connectivity index (χ4n) is 3.54. The van der Waals surface area contributed by atoms with Gasteiger partial charge in [-0.15, -0.1) is 0 Å². The molecule has 0 N–H and O–H groups in total. The van der Waals surface area contributed by atoms with Crippen LogP contribution in [0.25, 0.3) is 5.69 Å². The Bertz CT molecular complexity index is 1070. The van der Waals surface area contributed by atoms with E-state index in [1.54, 1.807) is 27.9 Å². The molecule has 4 rings (SSSR count). The van der Waals surface area contributed by atoms with Gasteiger partial charge in [-0.2, -0.15) is 5.10 Å². The van der Waals surface area contributed by atoms with Crippen LogP contribution in [0.3, 0.4) is 0 Å². The molecule has 0 spiro atoms. The van der Waals surface area contributed by atoms with Crippen LogP contribution in [0.5, 0.6) is 0 Å². The van der Waals surface area contributed by atoms with Crippen LogP contribution in [0.2, 0.25) is 0 Å². The summed E-state index contributed by atoms with van der Waals surface area (Å²) in [6.07, 6.45) is 3.44. The molecular formula is C20H21N3O4S. The minimum atomic E-state index is -3.39. The highest BCUT2D eigenvalue weighted by Crippen LogP contribution is 2.24. The molecule has 0 unspecified atom stereocenters. The summed E-state index contributed by atoms with van der Waals surface area (Å²) in [6, 6.07) is 12.9. The van der Waals surface area contributed by atoms with E-state index in [4.69, 9.17) is 4.42 Å². The van der Waals surface area contributed by atoms with Crippen molar-refractivity contribution < 1.29 is 17.6 Å². The third kappa shape index (κ3) is 3.47. The van der Waals surface area contributed by atoms with Gasteiger partial charge in [-0.1, -0.05) is 18.2 Å². The van der Waals surface area contributed by atoms with E-state index in [0.29, 0.717) is 24.3 Å². The van der Waals surface area contributed by atoms with Crippen molar-refractivity contribution in [1.29, 1.82) is 0 Å². The van der Waals surface area contributed by atoms with Gasteiger partial charge in [-0.05, 0) is 37.6 Å². The van der Waals surface area contributed by atoms with Crippen LogP contribution < -0.4 is 0 Å². The number of hydrogen-bond acceptors (Lipinski definition) is 5. The summed E-state index contributed by atoms with van der Waals surface area (Å²) in [7, 11) is -3.39. The van der Waals surface area contributed by atoms with Crippen LogP contribution in [0, 0.1) is 6.92 Å². The number of sulfone groups is 1. The van der Waals surface area contributed by atoms with Crippen molar-refractivity contribution in [3.05, 3.63) is 71.9 Å². The van der Waals surface area contributed by atoms with Gasteiger partial charge in [0.2, 0.25) is 0 Å². The smallest absolute Gasteiger partial charge is 0.257 e. The number of aromatic nitrogens is 2. The Balaban J connectivity index is 1.49. The molecule has 2 aromatic heterocycles. The zero-order chi connectivity index (χ0) is 19.7. The molecule has 0 aliphatic carbocycles. The lowest BCUT2D eigenvalue weighted by Gasteiger charge is -2.16. The van der Waals surface area contributed by atoms with Gasteiger partial charge in [0.25, 0.3) is 5.91 Å². The summed E-state index contributed by atoms with van der Waals surface area (Å²) in [4.78, 5) is 14.6. The van der Waals surface area contributed by atoms with Crippen molar-refractivity contribution in [2.24, 2.45) is 0 Å². The molecule has 0 bridgehead atoms. The number of carbonyl (C=O) groups is 1. The standard InChI is InChI=1S/C20H21N3O4S/c1-15-19(12-21-23(15)16-6-3-2-4-7-16)20(24)22-10-9-18(13-22)28(25,26)14-17-8-5-11-27-17/h2-8,11-12,18H,9-10,13-14H2,1H3/t18-/m0/s1. The molecule has 1 aromatic carbocycles. The first-order chi connectivity index (χ1) is 13.5. The van der Waals surface area contributed by atoms with E-state index in [9.17, 15) is 13.2 Å². The van der Waals surface area contributed by atoms with E-state index in [-0.39, 0.29) is 18.2 Å². The molecule has 28 heavy (non-hydrogen) atoms. The largest absolute Gasteiger partial charge is 0.468 e. The minimum Gasteiger partial charge on any atom is -0.468 e. The summed E-state index contributed by atoms with van der Waals surface area (Å²) >= 11 is 0. The molecule has 7 nitrogen and oxygen atoms in total. The van der Waals surface area contributed by atoms with E-state index in [1.165, 1.54) is 6.26 Å². The van der Waals surface area contributed by atoms with Crippen molar-refractivity contribution in [3.8, 4) is 5.69 Å². The number of amides is 1. The summed E-state index contributed by atoms with van der Waals surface area (Å²) in [5.41, 5.74) is 2.10. The fraction of sp³-hybridized carbons (Fsp3) is 0.300. The second-order valence-electron chi connectivity index (χ2n) is 6.94. The van der Waals surface area contributed by atoms with Crippen molar-refractivity contribution in [1.82, 2.24) is 14.7 Å².